The Kier molecular flexibility index (Phi) is 3.55. The van der Waals surface area contributed by atoms with Crippen LogP contribution in [0.15, 0.2) is 9.15 Å². The van der Waals surface area contributed by atoms with Crippen molar-refractivity contribution >= 4 is 28.4 Å². The fraction of sp³-hybridized carbons (Fsp3) is 0.667. The predicted octanol–water partition coefficient (Wildman–Crippen LogP) is 3.23. The Morgan fingerprint density at radius 3 is 2.45 bits per heavy atom. The Bertz CT molecular complexity index is 186. The highest BCUT2D eigenvalue weighted by Crippen LogP contribution is 2.31. The van der Waals surface area contributed by atoms with E-state index in [1.807, 2.05) is 0 Å². The normalized spacial score (nSPS) is 17.1. The van der Waals surface area contributed by atoms with Crippen molar-refractivity contribution in [3.8, 4) is 0 Å². The molecule has 2 heteroatoms. The molecule has 0 radical (unpaired) electrons. The summed E-state index contributed by atoms with van der Waals surface area (Å²) in [6.45, 7) is 1.66. The van der Waals surface area contributed by atoms with Gasteiger partial charge in [0.25, 0.3) is 0 Å². The van der Waals surface area contributed by atoms with E-state index in [0.29, 0.717) is 6.42 Å². The number of allylic oxidation sites excluding steroid dienone is 2. The molecule has 0 aromatic rings. The van der Waals surface area contributed by atoms with Crippen LogP contribution >= 0.6 is 22.6 Å². The maximum atomic E-state index is 10.8. The molecule has 0 N–H and O–H groups in total. The number of hydrogen-bond donors (Lipinski definition) is 0. The number of carbonyl (C=O) groups excluding carboxylic acids is 1. The molecule has 1 aliphatic rings. The van der Waals surface area contributed by atoms with Gasteiger partial charge in [-0.25, -0.2) is 0 Å². The molecule has 1 nitrogen and oxygen atoms in total. The molecule has 1 fully saturated rings. The third kappa shape index (κ3) is 2.93. The third-order valence-electron chi connectivity index (χ3n) is 1.99. The number of ketones is 1. The van der Waals surface area contributed by atoms with Crippen LogP contribution in [0.1, 0.15) is 39.0 Å². The van der Waals surface area contributed by atoms with Crippen molar-refractivity contribution in [2.45, 2.75) is 39.0 Å². The minimum absolute atomic E-state index is 0.286. The van der Waals surface area contributed by atoms with Crippen molar-refractivity contribution < 1.29 is 4.79 Å². The molecule has 0 aliphatic heterocycles. The van der Waals surface area contributed by atoms with Gasteiger partial charge in [-0.15, -0.1) is 0 Å². The van der Waals surface area contributed by atoms with Gasteiger partial charge in [0.2, 0.25) is 0 Å². The Morgan fingerprint density at radius 1 is 1.45 bits per heavy atom. The number of halogens is 1. The average Bonchev–Trinajstić information content (AvgIpc) is 2.35. The summed E-state index contributed by atoms with van der Waals surface area (Å²) >= 11 is 2.32. The second-order valence-electron chi connectivity index (χ2n) is 3.09. The van der Waals surface area contributed by atoms with Gasteiger partial charge in [0, 0.05) is 6.42 Å². The van der Waals surface area contributed by atoms with Gasteiger partial charge in [-0.1, -0.05) is 5.57 Å². The van der Waals surface area contributed by atoms with Gasteiger partial charge in [-0.2, -0.15) is 0 Å². The van der Waals surface area contributed by atoms with Crippen molar-refractivity contribution in [1.82, 2.24) is 0 Å². The van der Waals surface area contributed by atoms with Crippen LogP contribution < -0.4 is 0 Å². The molecular weight excluding hydrogens is 251 g/mol. The summed E-state index contributed by atoms with van der Waals surface area (Å²) in [4.78, 5) is 10.8. The van der Waals surface area contributed by atoms with Crippen LogP contribution in [0, 0.1) is 0 Å². The van der Waals surface area contributed by atoms with Crippen LogP contribution in [-0.4, -0.2) is 5.78 Å². The molecule has 0 heterocycles. The molecule has 0 saturated heterocycles. The van der Waals surface area contributed by atoms with Gasteiger partial charge in [-0.05, 0) is 58.8 Å². The number of rotatable bonds is 2. The lowest BCUT2D eigenvalue weighted by Crippen LogP contribution is -1.90. The maximum Gasteiger partial charge on any atom is 0.134 e. The molecule has 0 bridgehead atoms. The van der Waals surface area contributed by atoms with E-state index in [-0.39, 0.29) is 5.78 Å². The minimum atomic E-state index is 0.286. The van der Waals surface area contributed by atoms with Crippen molar-refractivity contribution in [2.24, 2.45) is 0 Å². The number of carbonyl (C=O) groups is 1. The first kappa shape index (κ1) is 9.23. The first-order valence-electron chi connectivity index (χ1n) is 4.06. The summed E-state index contributed by atoms with van der Waals surface area (Å²) in [5, 5.41) is 0. The predicted molar refractivity (Wildman–Crippen MR) is 54.8 cm³/mol. The van der Waals surface area contributed by atoms with Crippen molar-refractivity contribution in [1.29, 1.82) is 0 Å². The van der Waals surface area contributed by atoms with Gasteiger partial charge >= 0.3 is 0 Å². The Balaban J connectivity index is 2.55. The van der Waals surface area contributed by atoms with Crippen molar-refractivity contribution in [3.63, 3.8) is 0 Å². The highest BCUT2D eigenvalue weighted by molar-refractivity contribution is 14.1. The molecule has 0 unspecified atom stereocenters. The highest BCUT2D eigenvalue weighted by Gasteiger charge is 2.11. The molecule has 62 valence electrons. The molecular formula is C9H13IO. The molecule has 11 heavy (non-hydrogen) atoms. The van der Waals surface area contributed by atoms with Crippen LogP contribution in [-0.2, 0) is 4.79 Å². The van der Waals surface area contributed by atoms with Gasteiger partial charge in [0.1, 0.15) is 5.78 Å². The van der Waals surface area contributed by atoms with E-state index in [1.54, 1.807) is 6.92 Å². The van der Waals surface area contributed by atoms with Gasteiger partial charge in [0.15, 0.2) is 0 Å². The fourth-order valence-corrected chi connectivity index (χ4v) is 2.49. The number of Topliss-reactive ketones (excluding diaryl/α,β-unsaturated/α-hetero) is 1. The summed E-state index contributed by atoms with van der Waals surface area (Å²) in [5.74, 6) is 0.286. The van der Waals surface area contributed by atoms with Crippen LogP contribution in [0.25, 0.3) is 0 Å². The smallest absolute Gasteiger partial charge is 0.134 e. The zero-order valence-electron chi connectivity index (χ0n) is 6.82. The standard InChI is InChI=1S/C9H13IO/c1-7(11)6-9(10)8-4-2-3-5-8/h2-6H2,1H3. The molecule has 0 spiro atoms. The van der Waals surface area contributed by atoms with Crippen LogP contribution in [0.3, 0.4) is 0 Å². The first-order chi connectivity index (χ1) is 5.20. The molecule has 1 rings (SSSR count). The van der Waals surface area contributed by atoms with Gasteiger partial charge in [0.05, 0.1) is 0 Å². The molecule has 1 aliphatic carbocycles. The van der Waals surface area contributed by atoms with E-state index in [4.69, 9.17) is 0 Å². The van der Waals surface area contributed by atoms with E-state index in [0.717, 1.165) is 0 Å². The van der Waals surface area contributed by atoms with E-state index < -0.39 is 0 Å². The van der Waals surface area contributed by atoms with Crippen LogP contribution in [0.4, 0.5) is 0 Å². The lowest BCUT2D eigenvalue weighted by atomic mass is 10.1. The molecule has 0 atom stereocenters. The molecule has 0 amide bonds. The first-order valence-corrected chi connectivity index (χ1v) is 5.14. The van der Waals surface area contributed by atoms with E-state index in [9.17, 15) is 4.79 Å². The second-order valence-corrected chi connectivity index (χ2v) is 4.40. The van der Waals surface area contributed by atoms with Crippen molar-refractivity contribution in [2.75, 3.05) is 0 Å². The van der Waals surface area contributed by atoms with Gasteiger partial charge < -0.3 is 0 Å². The second kappa shape index (κ2) is 4.24. The lowest BCUT2D eigenvalue weighted by Gasteiger charge is -2.00. The molecule has 1 saturated carbocycles. The Morgan fingerprint density at radius 2 is 2.00 bits per heavy atom. The minimum Gasteiger partial charge on any atom is -0.300 e. The number of hydrogen-bond acceptors (Lipinski definition) is 1. The highest BCUT2D eigenvalue weighted by atomic mass is 127. The van der Waals surface area contributed by atoms with Crippen LogP contribution in [0.5, 0.6) is 0 Å². The van der Waals surface area contributed by atoms with Gasteiger partial charge in [-0.3, -0.25) is 4.79 Å². The van der Waals surface area contributed by atoms with E-state index in [1.165, 1.54) is 34.8 Å². The fourth-order valence-electron chi connectivity index (χ4n) is 1.42. The largest absolute Gasteiger partial charge is 0.300 e. The van der Waals surface area contributed by atoms with E-state index >= 15 is 0 Å². The average molecular weight is 264 g/mol. The summed E-state index contributed by atoms with van der Waals surface area (Å²) in [5.41, 5.74) is 1.53. The quantitative estimate of drug-likeness (QED) is 0.700. The maximum absolute atomic E-state index is 10.8. The summed E-state index contributed by atoms with van der Waals surface area (Å²) in [6, 6.07) is 0. The summed E-state index contributed by atoms with van der Waals surface area (Å²) in [6.07, 6.45) is 5.76. The van der Waals surface area contributed by atoms with Crippen LogP contribution in [0.2, 0.25) is 0 Å². The monoisotopic (exact) mass is 264 g/mol. The lowest BCUT2D eigenvalue weighted by molar-refractivity contribution is -0.116. The summed E-state index contributed by atoms with van der Waals surface area (Å²) in [7, 11) is 0. The molecule has 0 aromatic carbocycles. The van der Waals surface area contributed by atoms with Crippen molar-refractivity contribution in [3.05, 3.63) is 9.15 Å². The third-order valence-corrected chi connectivity index (χ3v) is 3.14. The SMILES string of the molecule is CC(=O)CC(I)=C1CCCC1. The zero-order valence-corrected chi connectivity index (χ0v) is 8.98. The molecule has 0 aromatic heterocycles. The van der Waals surface area contributed by atoms with E-state index in [2.05, 4.69) is 22.6 Å². The Hall–Kier alpha value is 0.140. The zero-order chi connectivity index (χ0) is 8.27. The Labute approximate surface area is 81.4 Å². The topological polar surface area (TPSA) is 17.1 Å². The summed E-state index contributed by atoms with van der Waals surface area (Å²) < 4.78 is 1.30.